The molecule has 0 spiro atoms. The highest BCUT2D eigenvalue weighted by Crippen LogP contribution is 2.11. The van der Waals surface area contributed by atoms with E-state index in [1.54, 1.807) is 66.7 Å². The van der Waals surface area contributed by atoms with Gasteiger partial charge in [0.15, 0.2) is 0 Å². The predicted molar refractivity (Wildman–Crippen MR) is 134 cm³/mol. The Kier molecular flexibility index (Phi) is 13.5. The Hall–Kier alpha value is -3.53. The van der Waals surface area contributed by atoms with Crippen LogP contribution in [0.4, 0.5) is 0 Å². The monoisotopic (exact) mass is 446 g/mol. The van der Waals surface area contributed by atoms with Crippen LogP contribution in [0.3, 0.4) is 0 Å². The minimum Gasteiger partial charge on any atom is -0.386 e. The zero-order chi connectivity index (χ0) is 24.5. The van der Waals surface area contributed by atoms with Crippen molar-refractivity contribution in [1.82, 2.24) is 0 Å². The Balaban J connectivity index is 0.000000331. The second-order valence-electron chi connectivity index (χ2n) is 7.97. The molecule has 174 valence electrons. The van der Waals surface area contributed by atoms with E-state index in [2.05, 4.69) is 32.9 Å². The first kappa shape index (κ1) is 27.5. The molecule has 2 rings (SSSR count). The van der Waals surface area contributed by atoms with Gasteiger partial charge >= 0.3 is 11.9 Å². The van der Waals surface area contributed by atoms with Gasteiger partial charge in [0.25, 0.3) is 0 Å². The third kappa shape index (κ3) is 12.8. The van der Waals surface area contributed by atoms with E-state index in [4.69, 9.17) is 4.74 Å². The maximum Gasteiger partial charge on any atom is 0.346 e. The largest absolute Gasteiger partial charge is 0.386 e. The van der Waals surface area contributed by atoms with Crippen LogP contribution in [0.15, 0.2) is 95.6 Å². The first-order valence-corrected chi connectivity index (χ1v) is 11.1. The van der Waals surface area contributed by atoms with E-state index < -0.39 is 11.9 Å². The highest BCUT2D eigenvalue weighted by molar-refractivity contribution is 6.02. The summed E-state index contributed by atoms with van der Waals surface area (Å²) in [6.45, 7) is 8.44. The molecule has 0 N–H and O–H groups in total. The zero-order valence-corrected chi connectivity index (χ0v) is 20.0. The maximum atomic E-state index is 11.6. The van der Waals surface area contributed by atoms with Gasteiger partial charge in [-0.2, -0.15) is 0 Å². The van der Waals surface area contributed by atoms with Crippen molar-refractivity contribution < 1.29 is 19.1 Å². The average Bonchev–Trinajstić information content (AvgIpc) is 2.80. The Morgan fingerprint density at radius 3 is 1.61 bits per heavy atom. The van der Waals surface area contributed by atoms with Crippen LogP contribution in [0.2, 0.25) is 0 Å². The lowest BCUT2D eigenvalue weighted by atomic mass is 10.1. The Labute approximate surface area is 197 Å². The standard InChI is InChI=1S/C15H24O.C14H10O3/c1-13(2)7-5-8-14(3)9-6-10-15(4)11-12-16;15-13(11-7-3-1-4-8-11)17-14(16)12-9-5-2-6-10-12/h7,9,11-12H,5-6,8,10H2,1-4H3;1-10H. The van der Waals surface area contributed by atoms with Crippen LogP contribution in [-0.4, -0.2) is 18.2 Å². The maximum absolute atomic E-state index is 11.6. The van der Waals surface area contributed by atoms with E-state index in [0.717, 1.165) is 37.5 Å². The number of rotatable bonds is 9. The van der Waals surface area contributed by atoms with Crippen LogP contribution in [0, 0.1) is 0 Å². The zero-order valence-electron chi connectivity index (χ0n) is 20.0. The number of aldehydes is 1. The molecule has 0 radical (unpaired) electrons. The molecule has 0 aliphatic carbocycles. The molecule has 2 aromatic carbocycles. The fourth-order valence-electron chi connectivity index (χ4n) is 2.79. The van der Waals surface area contributed by atoms with Gasteiger partial charge in [-0.05, 0) is 83.7 Å². The predicted octanol–water partition coefficient (Wildman–Crippen LogP) is 7.29. The molecule has 4 heteroatoms. The van der Waals surface area contributed by atoms with Gasteiger partial charge in [0.2, 0.25) is 0 Å². The molecule has 0 fully saturated rings. The SMILES string of the molecule is CC(C)=CCCC(C)=CCCC(C)=CC=O.O=C(OC(=O)c1ccccc1)c1ccccc1. The van der Waals surface area contributed by atoms with E-state index in [9.17, 15) is 14.4 Å². The molecular formula is C29H34O4. The van der Waals surface area contributed by atoms with Crippen molar-refractivity contribution in [1.29, 1.82) is 0 Å². The number of carbonyl (C=O) groups is 3. The molecule has 0 aliphatic heterocycles. The molecule has 4 nitrogen and oxygen atoms in total. The number of carbonyl (C=O) groups excluding carboxylic acids is 3. The van der Waals surface area contributed by atoms with Crippen LogP contribution in [0.25, 0.3) is 0 Å². The number of esters is 2. The van der Waals surface area contributed by atoms with Gasteiger partial charge in [0.05, 0.1) is 11.1 Å². The van der Waals surface area contributed by atoms with Crippen LogP contribution in [-0.2, 0) is 9.53 Å². The van der Waals surface area contributed by atoms with Gasteiger partial charge in [-0.15, -0.1) is 0 Å². The van der Waals surface area contributed by atoms with Gasteiger partial charge < -0.3 is 4.74 Å². The number of benzene rings is 2. The molecule has 0 bridgehead atoms. The second kappa shape index (κ2) is 16.2. The first-order chi connectivity index (χ1) is 15.8. The van der Waals surface area contributed by atoms with E-state index in [-0.39, 0.29) is 0 Å². The fourth-order valence-corrected chi connectivity index (χ4v) is 2.79. The quantitative estimate of drug-likeness (QED) is 0.133. The molecule has 33 heavy (non-hydrogen) atoms. The van der Waals surface area contributed by atoms with Crippen LogP contribution >= 0.6 is 0 Å². The third-order valence-electron chi connectivity index (χ3n) is 4.68. The summed E-state index contributed by atoms with van der Waals surface area (Å²) >= 11 is 0. The first-order valence-electron chi connectivity index (χ1n) is 11.1. The van der Waals surface area contributed by atoms with E-state index >= 15 is 0 Å². The van der Waals surface area contributed by atoms with E-state index in [1.165, 1.54) is 11.1 Å². The van der Waals surface area contributed by atoms with Crippen LogP contribution in [0.1, 0.15) is 74.1 Å². The molecule has 0 atom stereocenters. The highest BCUT2D eigenvalue weighted by atomic mass is 16.6. The van der Waals surface area contributed by atoms with Gasteiger partial charge in [-0.1, -0.05) is 65.3 Å². The second-order valence-corrected chi connectivity index (χ2v) is 7.97. The average molecular weight is 447 g/mol. The lowest BCUT2D eigenvalue weighted by Crippen LogP contribution is -2.12. The van der Waals surface area contributed by atoms with Crippen molar-refractivity contribution in [2.45, 2.75) is 53.4 Å². The molecule has 0 heterocycles. The number of allylic oxidation sites excluding steroid dienone is 6. The molecule has 0 unspecified atom stereocenters. The van der Waals surface area contributed by atoms with Gasteiger partial charge in [-0.25, -0.2) is 9.59 Å². The number of ether oxygens (including phenoxy) is 1. The van der Waals surface area contributed by atoms with Crippen LogP contribution < -0.4 is 0 Å². The summed E-state index contributed by atoms with van der Waals surface area (Å²) in [4.78, 5) is 33.4. The molecule has 0 aromatic heterocycles. The van der Waals surface area contributed by atoms with Crippen molar-refractivity contribution in [2.75, 3.05) is 0 Å². The van der Waals surface area contributed by atoms with Gasteiger partial charge in [-0.3, -0.25) is 4.79 Å². The Morgan fingerprint density at radius 1 is 0.697 bits per heavy atom. The minimum absolute atomic E-state index is 0.358. The molecule has 0 saturated carbocycles. The summed E-state index contributed by atoms with van der Waals surface area (Å²) < 4.78 is 4.74. The highest BCUT2D eigenvalue weighted by Gasteiger charge is 2.13. The summed E-state index contributed by atoms with van der Waals surface area (Å²) in [5, 5.41) is 0. The molecule has 0 saturated heterocycles. The smallest absolute Gasteiger partial charge is 0.346 e. The normalized spacial score (nSPS) is 11.0. The molecular weight excluding hydrogens is 412 g/mol. The summed E-state index contributed by atoms with van der Waals surface area (Å²) in [6, 6.07) is 16.8. The third-order valence-corrected chi connectivity index (χ3v) is 4.68. The van der Waals surface area contributed by atoms with Gasteiger partial charge in [0, 0.05) is 0 Å². The van der Waals surface area contributed by atoms with E-state index in [0.29, 0.717) is 11.1 Å². The molecule has 0 aliphatic rings. The summed E-state index contributed by atoms with van der Waals surface area (Å²) in [5.41, 5.74) is 4.70. The lowest BCUT2D eigenvalue weighted by molar-refractivity contribution is -0.104. The minimum atomic E-state index is -0.639. The topological polar surface area (TPSA) is 60.4 Å². The Morgan fingerprint density at radius 2 is 1.15 bits per heavy atom. The van der Waals surface area contributed by atoms with Crippen molar-refractivity contribution in [3.63, 3.8) is 0 Å². The summed E-state index contributed by atoms with van der Waals surface area (Å²) in [5.74, 6) is -1.28. The number of hydrogen-bond donors (Lipinski definition) is 0. The van der Waals surface area contributed by atoms with Crippen molar-refractivity contribution >= 4 is 18.2 Å². The van der Waals surface area contributed by atoms with Crippen molar-refractivity contribution in [2.24, 2.45) is 0 Å². The van der Waals surface area contributed by atoms with Gasteiger partial charge in [0.1, 0.15) is 6.29 Å². The molecule has 2 aromatic rings. The van der Waals surface area contributed by atoms with Crippen molar-refractivity contribution in [3.8, 4) is 0 Å². The lowest BCUT2D eigenvalue weighted by Gasteiger charge is -2.02. The molecule has 0 amide bonds. The van der Waals surface area contributed by atoms with Crippen molar-refractivity contribution in [3.05, 3.63) is 107 Å². The van der Waals surface area contributed by atoms with E-state index in [1.807, 2.05) is 6.92 Å². The summed E-state index contributed by atoms with van der Waals surface area (Å²) in [7, 11) is 0. The summed E-state index contributed by atoms with van der Waals surface area (Å²) in [6.07, 6.45) is 11.4. The number of hydrogen-bond acceptors (Lipinski definition) is 4. The fraction of sp³-hybridized carbons (Fsp3) is 0.276. The van der Waals surface area contributed by atoms with Crippen LogP contribution in [0.5, 0.6) is 0 Å². The Bertz CT molecular complexity index is 914.